The average molecular weight is 867 g/mol. The second kappa shape index (κ2) is 20.9. The molecule has 3 rings (SSSR count). The molecule has 0 saturated carbocycles. The van der Waals surface area contributed by atoms with Gasteiger partial charge < -0.3 is 28.4 Å². The highest BCUT2D eigenvalue weighted by molar-refractivity contribution is 5.78. The molecule has 3 aromatic rings. The summed E-state index contributed by atoms with van der Waals surface area (Å²) in [4.78, 5) is 37.4. The van der Waals surface area contributed by atoms with Gasteiger partial charge in [-0.25, -0.2) is 0 Å². The number of halogens is 9. The first-order valence-electron chi connectivity index (χ1n) is 18.9. The van der Waals surface area contributed by atoms with Crippen LogP contribution in [-0.2, 0) is 40.2 Å². The molecule has 18 heteroatoms. The van der Waals surface area contributed by atoms with Gasteiger partial charge in [0.2, 0.25) is 5.41 Å². The zero-order valence-electron chi connectivity index (χ0n) is 33.5. The van der Waals surface area contributed by atoms with E-state index in [-0.39, 0.29) is 75.6 Å². The van der Waals surface area contributed by atoms with Crippen LogP contribution in [0.1, 0.15) is 70.6 Å². The van der Waals surface area contributed by atoms with Crippen molar-refractivity contribution in [3.63, 3.8) is 0 Å². The summed E-state index contributed by atoms with van der Waals surface area (Å²) in [6.45, 7) is 6.64. The molecule has 0 fully saturated rings. The Morgan fingerprint density at radius 2 is 1.00 bits per heavy atom. The highest BCUT2D eigenvalue weighted by Crippen LogP contribution is 2.56. The van der Waals surface area contributed by atoms with Gasteiger partial charge in [-0.3, -0.25) is 14.4 Å². The molecule has 60 heavy (non-hydrogen) atoms. The Labute approximate surface area is 341 Å². The van der Waals surface area contributed by atoms with Crippen LogP contribution in [0.25, 0.3) is 0 Å². The molecule has 0 heterocycles. The number of carbonyl (C=O) groups is 3. The highest BCUT2D eigenvalue weighted by atomic mass is 19.4. The second-order valence-corrected chi connectivity index (χ2v) is 14.3. The fourth-order valence-electron chi connectivity index (χ4n) is 5.96. The first kappa shape index (κ1) is 49.2. The molecule has 0 bridgehead atoms. The van der Waals surface area contributed by atoms with Crippen LogP contribution in [0, 0.1) is 17.3 Å². The third-order valence-electron chi connectivity index (χ3n) is 9.51. The monoisotopic (exact) mass is 866 g/mol. The summed E-state index contributed by atoms with van der Waals surface area (Å²) in [5.74, 6) is -3.24. The van der Waals surface area contributed by atoms with Crippen LogP contribution in [0.2, 0.25) is 0 Å². The molecule has 9 nitrogen and oxygen atoms in total. The van der Waals surface area contributed by atoms with Crippen molar-refractivity contribution >= 4 is 17.9 Å². The van der Waals surface area contributed by atoms with Gasteiger partial charge in [-0.1, -0.05) is 51.1 Å². The topological polar surface area (TPSA) is 107 Å². The van der Waals surface area contributed by atoms with E-state index in [1.54, 1.807) is 20.8 Å². The van der Waals surface area contributed by atoms with Gasteiger partial charge in [0.1, 0.15) is 56.9 Å². The lowest BCUT2D eigenvalue weighted by molar-refractivity contribution is -0.288. The first-order valence-corrected chi connectivity index (χ1v) is 18.9. The van der Waals surface area contributed by atoms with Crippen LogP contribution in [0.5, 0.6) is 17.2 Å². The number of hydrogen-bond acceptors (Lipinski definition) is 9. The van der Waals surface area contributed by atoms with Crippen LogP contribution in [0.3, 0.4) is 0 Å². The van der Waals surface area contributed by atoms with Gasteiger partial charge >= 0.3 is 36.4 Å². The molecule has 0 N–H and O–H groups in total. The highest BCUT2D eigenvalue weighted by Gasteiger charge is 2.72. The van der Waals surface area contributed by atoms with E-state index in [0.717, 1.165) is 36.4 Å². The summed E-state index contributed by atoms with van der Waals surface area (Å²) in [5.41, 5.74) is -8.80. The summed E-state index contributed by atoms with van der Waals surface area (Å²) in [6.07, 6.45) is -15.5. The fraction of sp³-hybridized carbons (Fsp3) is 0.500. The van der Waals surface area contributed by atoms with E-state index in [0.29, 0.717) is 30.7 Å². The number of ether oxygens (including phenoxy) is 6. The lowest BCUT2D eigenvalue weighted by Crippen LogP contribution is -2.54. The summed E-state index contributed by atoms with van der Waals surface area (Å²) in [5, 5.41) is 0. The molecule has 0 radical (unpaired) electrons. The minimum Gasteiger partial charge on any atom is -0.490 e. The van der Waals surface area contributed by atoms with Gasteiger partial charge in [0.25, 0.3) is 0 Å². The van der Waals surface area contributed by atoms with E-state index in [4.69, 9.17) is 28.4 Å². The molecule has 0 aliphatic heterocycles. The van der Waals surface area contributed by atoms with Gasteiger partial charge in [0.15, 0.2) is 0 Å². The van der Waals surface area contributed by atoms with E-state index in [9.17, 15) is 53.9 Å². The van der Waals surface area contributed by atoms with Crippen LogP contribution >= 0.6 is 0 Å². The molecule has 0 aliphatic carbocycles. The molecule has 3 aromatic carbocycles. The molecule has 0 aliphatic rings. The van der Waals surface area contributed by atoms with Gasteiger partial charge in [0, 0.05) is 0 Å². The van der Waals surface area contributed by atoms with E-state index < -0.39 is 69.9 Å². The maximum atomic E-state index is 14.7. The third kappa shape index (κ3) is 12.9. The molecular weight excluding hydrogens is 819 g/mol. The molecule has 2 unspecified atom stereocenters. The maximum Gasteiger partial charge on any atom is 0.416 e. The van der Waals surface area contributed by atoms with Crippen molar-refractivity contribution in [2.75, 3.05) is 39.6 Å². The Bertz CT molecular complexity index is 1830. The van der Waals surface area contributed by atoms with Crippen molar-refractivity contribution in [2.45, 2.75) is 77.8 Å². The van der Waals surface area contributed by atoms with Crippen molar-refractivity contribution in [1.82, 2.24) is 0 Å². The zero-order chi connectivity index (χ0) is 44.9. The molecular formula is C42H47F9O9. The Balaban J connectivity index is 1.56. The fourth-order valence-corrected chi connectivity index (χ4v) is 5.96. The Morgan fingerprint density at radius 3 is 1.43 bits per heavy atom. The lowest BCUT2D eigenvalue weighted by atomic mass is 9.73. The number of esters is 3. The van der Waals surface area contributed by atoms with E-state index >= 15 is 0 Å². The number of carbonyl (C=O) groups excluding carboxylic acids is 3. The summed E-state index contributed by atoms with van der Waals surface area (Å²) >= 11 is 0. The zero-order valence-corrected chi connectivity index (χ0v) is 33.5. The smallest absolute Gasteiger partial charge is 0.416 e. The van der Waals surface area contributed by atoms with Gasteiger partial charge in [0.05, 0.1) is 22.8 Å². The normalized spacial score (nSPS) is 13.5. The predicted molar refractivity (Wildman–Crippen MR) is 198 cm³/mol. The van der Waals surface area contributed by atoms with E-state index in [1.807, 2.05) is 0 Å². The molecule has 0 saturated heterocycles. The Hall–Kier alpha value is -5.16. The Morgan fingerprint density at radius 1 is 0.550 bits per heavy atom. The molecule has 0 amide bonds. The van der Waals surface area contributed by atoms with Crippen molar-refractivity contribution in [3.05, 3.63) is 89.5 Å². The third-order valence-corrected chi connectivity index (χ3v) is 9.51. The quantitative estimate of drug-likeness (QED) is 0.0448. The van der Waals surface area contributed by atoms with Gasteiger partial charge in [-0.15, -0.1) is 0 Å². The summed E-state index contributed by atoms with van der Waals surface area (Å²) in [7, 11) is 0. The second-order valence-electron chi connectivity index (χ2n) is 14.3. The number of benzene rings is 3. The van der Waals surface area contributed by atoms with Crippen LogP contribution < -0.4 is 14.2 Å². The average Bonchev–Trinajstić information content (AvgIpc) is 3.18. The SMILES string of the molecule is CCC(C)C(=O)OCCOc1ccc(C(c2ccc(OCCOC(=O)C(CC)CC(C)(C)C(=O)OCCOc3cccc(C(F)(F)F)c3)cc2)(C(F)(F)F)C(F)(F)F)cc1. The van der Waals surface area contributed by atoms with Gasteiger partial charge in [-0.2, -0.15) is 39.5 Å². The largest absolute Gasteiger partial charge is 0.490 e. The molecule has 332 valence electrons. The van der Waals surface area contributed by atoms with Crippen LogP contribution in [-0.4, -0.2) is 69.9 Å². The summed E-state index contributed by atoms with van der Waals surface area (Å²) in [6, 6.07) is 10.6. The number of rotatable bonds is 21. The lowest BCUT2D eigenvalue weighted by Gasteiger charge is -2.38. The number of alkyl halides is 9. The van der Waals surface area contributed by atoms with E-state index in [2.05, 4.69) is 0 Å². The molecule has 0 aromatic heterocycles. The van der Waals surface area contributed by atoms with Crippen molar-refractivity contribution in [2.24, 2.45) is 17.3 Å². The van der Waals surface area contributed by atoms with Crippen molar-refractivity contribution < 1.29 is 82.3 Å². The number of hydrogen-bond donors (Lipinski definition) is 0. The molecule has 2 atom stereocenters. The van der Waals surface area contributed by atoms with Crippen molar-refractivity contribution in [1.29, 1.82) is 0 Å². The van der Waals surface area contributed by atoms with Crippen LogP contribution in [0.4, 0.5) is 39.5 Å². The predicted octanol–water partition coefficient (Wildman–Crippen LogP) is 10.1. The summed E-state index contributed by atoms with van der Waals surface area (Å²) < 4.78 is 158. The van der Waals surface area contributed by atoms with Crippen LogP contribution in [0.15, 0.2) is 72.8 Å². The minimum atomic E-state index is -5.85. The molecule has 0 spiro atoms. The Kier molecular flexibility index (Phi) is 17.1. The maximum absolute atomic E-state index is 14.7. The minimum absolute atomic E-state index is 0.0104. The van der Waals surface area contributed by atoms with Gasteiger partial charge in [-0.05, 0) is 86.7 Å². The van der Waals surface area contributed by atoms with Crippen molar-refractivity contribution in [3.8, 4) is 17.2 Å². The van der Waals surface area contributed by atoms with E-state index in [1.165, 1.54) is 26.0 Å². The first-order chi connectivity index (χ1) is 28.0. The standard InChI is InChI=1S/C42H47F9O9/c1-6-27(3)35(52)58-22-19-55-32-15-11-29(12-16-32)39(41(46,47)48,42(49,50)51)30-13-17-33(18-14-30)56-20-23-59-36(53)28(7-2)26-38(4,5)37(54)60-24-21-57-34-10-8-9-31(25-34)40(43,44)45/h8-18,25,27-28H,6-7,19-24,26H2,1-5H3.